The Hall–Kier alpha value is -7.28. The number of benzene rings is 2. The summed E-state index contributed by atoms with van der Waals surface area (Å²) in [6, 6.07) is 19.8. The standard InChI is InChI=1S/C25H25N5O2S.C16H18N6.C8H8O3S/c1-16-12-18(20-9-10-26-25(29-20)28-19-14-27-30(2)15-19)6-5-17(16)7-8-21(31)24-13-22-23(33-24)4-3-11-32-22;1-11-7-12(3-4-13(11)8-17)15-5-6-18-16(21-15)20-14-9-19-22(2)10-14;9-8(10)7-4-5-6(12-7)2-1-3-11-5/h5-6,9-10,12-15H,3-4,7-8,11H2,1-2H3,(H,26,28,29);3-7,9-10H,8,17H2,1-2H3,(H,18,20,21);4H,1-3H2,(H,9,10). The van der Waals surface area contributed by atoms with E-state index in [2.05, 4.69) is 78.9 Å². The second-order valence-electron chi connectivity index (χ2n) is 16.0. The van der Waals surface area contributed by atoms with E-state index >= 15 is 0 Å². The molecule has 0 radical (unpaired) electrons. The summed E-state index contributed by atoms with van der Waals surface area (Å²) in [6.07, 6.45) is 15.9. The molecule has 0 saturated carbocycles. The van der Waals surface area contributed by atoms with Crippen LogP contribution in [0.1, 0.15) is 70.6 Å². The highest BCUT2D eigenvalue weighted by Crippen LogP contribution is 2.35. The Morgan fingerprint density at radius 1 is 0.716 bits per heavy atom. The predicted octanol–water partition coefficient (Wildman–Crippen LogP) is 9.29. The molecule has 0 unspecified atom stereocenters. The quantitative estimate of drug-likeness (QED) is 0.0842. The number of carbonyl (C=O) groups is 2. The van der Waals surface area contributed by atoms with Crippen LogP contribution in [-0.2, 0) is 39.9 Å². The lowest BCUT2D eigenvalue weighted by molar-refractivity contribution is 0.0701. The van der Waals surface area contributed by atoms with E-state index < -0.39 is 5.97 Å². The molecule has 16 nitrogen and oxygen atoms in total. The van der Waals surface area contributed by atoms with Crippen LogP contribution in [-0.4, -0.2) is 69.6 Å². The van der Waals surface area contributed by atoms with Gasteiger partial charge in [0.25, 0.3) is 0 Å². The molecule has 5 N–H and O–H groups in total. The maximum Gasteiger partial charge on any atom is 0.346 e. The van der Waals surface area contributed by atoms with Gasteiger partial charge in [0.15, 0.2) is 5.78 Å². The van der Waals surface area contributed by atoms with E-state index in [9.17, 15) is 9.59 Å². The molecule has 2 aromatic carbocycles. The zero-order valence-corrected chi connectivity index (χ0v) is 39.3. The third kappa shape index (κ3) is 12.0. The number of nitrogens with two attached hydrogens (primary N) is 1. The maximum absolute atomic E-state index is 12.7. The van der Waals surface area contributed by atoms with Crippen LogP contribution in [0.4, 0.5) is 23.3 Å². The Labute approximate surface area is 395 Å². The lowest BCUT2D eigenvalue weighted by Crippen LogP contribution is -2.04. The number of rotatable bonds is 12. The Kier molecular flexibility index (Phi) is 14.7. The zero-order chi connectivity index (χ0) is 46.9. The van der Waals surface area contributed by atoms with E-state index in [4.69, 9.17) is 20.3 Å². The first-order valence-electron chi connectivity index (χ1n) is 21.8. The number of aromatic nitrogens is 8. The number of hydrogen-bond acceptors (Lipinski definition) is 15. The van der Waals surface area contributed by atoms with Crippen molar-refractivity contribution >= 4 is 57.7 Å². The molecule has 0 bridgehead atoms. The predicted molar refractivity (Wildman–Crippen MR) is 261 cm³/mol. The number of ketones is 1. The van der Waals surface area contributed by atoms with Gasteiger partial charge in [-0.2, -0.15) is 10.2 Å². The number of anilines is 4. The topological polar surface area (TPSA) is 210 Å². The fourth-order valence-corrected chi connectivity index (χ4v) is 9.57. The van der Waals surface area contributed by atoms with Gasteiger partial charge in [0, 0.05) is 84.9 Å². The van der Waals surface area contributed by atoms with Crippen molar-refractivity contribution in [2.45, 2.75) is 58.9 Å². The molecule has 10 rings (SSSR count). The van der Waals surface area contributed by atoms with Crippen molar-refractivity contribution in [2.24, 2.45) is 19.8 Å². The van der Waals surface area contributed by atoms with Gasteiger partial charge in [-0.1, -0.05) is 24.3 Å². The van der Waals surface area contributed by atoms with E-state index in [1.807, 2.05) is 56.8 Å². The first-order valence-corrected chi connectivity index (χ1v) is 23.5. The van der Waals surface area contributed by atoms with Crippen LogP contribution in [0.3, 0.4) is 0 Å². The second-order valence-corrected chi connectivity index (χ2v) is 18.3. The van der Waals surface area contributed by atoms with Gasteiger partial charge in [0.1, 0.15) is 16.4 Å². The van der Waals surface area contributed by atoms with Gasteiger partial charge in [-0.25, -0.2) is 24.7 Å². The Morgan fingerprint density at radius 2 is 1.22 bits per heavy atom. The minimum atomic E-state index is -0.863. The molecule has 2 aliphatic heterocycles. The molecular weight excluding hydrogens is 887 g/mol. The maximum atomic E-state index is 12.7. The molecule has 0 spiro atoms. The van der Waals surface area contributed by atoms with Crippen molar-refractivity contribution in [3.8, 4) is 34.0 Å². The van der Waals surface area contributed by atoms with Gasteiger partial charge in [-0.05, 0) is 92.5 Å². The summed E-state index contributed by atoms with van der Waals surface area (Å²) in [4.78, 5) is 44.5. The van der Waals surface area contributed by atoms with Crippen LogP contribution in [0.2, 0.25) is 0 Å². The largest absolute Gasteiger partial charge is 0.492 e. The average molecular weight is 938 g/mol. The molecule has 8 aromatic rings. The minimum absolute atomic E-state index is 0.184. The summed E-state index contributed by atoms with van der Waals surface area (Å²) in [5, 5.41) is 23.3. The van der Waals surface area contributed by atoms with Crippen LogP contribution in [0, 0.1) is 13.8 Å². The number of nitrogens with one attached hydrogen (secondary N) is 2. The molecule has 6 aromatic heterocycles. The van der Waals surface area contributed by atoms with Crippen LogP contribution in [0.25, 0.3) is 22.5 Å². The van der Waals surface area contributed by atoms with Crippen molar-refractivity contribution in [1.29, 1.82) is 0 Å². The van der Waals surface area contributed by atoms with Crippen molar-refractivity contribution in [1.82, 2.24) is 39.5 Å². The average Bonchev–Trinajstić information content (AvgIpc) is 4.16. The molecule has 67 heavy (non-hydrogen) atoms. The Morgan fingerprint density at radius 3 is 1.69 bits per heavy atom. The van der Waals surface area contributed by atoms with Crippen molar-refractivity contribution < 1.29 is 24.2 Å². The number of hydrogen-bond donors (Lipinski definition) is 4. The SMILES string of the molecule is Cc1cc(-c2ccnc(Nc3cnn(C)c3)n2)ccc1CCC(=O)c1cc2c(s1)CCCO2.Cc1cc(-c2ccnc(Nc3cnn(C)c3)n2)ccc1CN.O=C(O)c1cc2c(s1)CCCO2. The molecule has 0 atom stereocenters. The van der Waals surface area contributed by atoms with Crippen LogP contribution in [0.5, 0.6) is 11.5 Å². The third-order valence-corrected chi connectivity index (χ3v) is 13.4. The second kappa shape index (κ2) is 21.4. The number of aryl methyl sites for hydroxylation is 7. The van der Waals surface area contributed by atoms with Crippen LogP contribution >= 0.6 is 22.7 Å². The van der Waals surface area contributed by atoms with Crippen LogP contribution in [0.15, 0.2) is 97.8 Å². The monoisotopic (exact) mass is 937 g/mol. The van der Waals surface area contributed by atoms with Gasteiger partial charge in [-0.15, -0.1) is 22.7 Å². The zero-order valence-electron chi connectivity index (χ0n) is 37.7. The molecule has 0 amide bonds. The number of nitrogens with zero attached hydrogens (tertiary/aromatic N) is 8. The molecule has 8 heterocycles. The van der Waals surface area contributed by atoms with Gasteiger partial charge >= 0.3 is 5.97 Å². The number of carboxylic acids is 1. The lowest BCUT2D eigenvalue weighted by Gasteiger charge is -2.11. The van der Waals surface area contributed by atoms with Gasteiger partial charge < -0.3 is 30.9 Å². The minimum Gasteiger partial charge on any atom is -0.492 e. The van der Waals surface area contributed by atoms with Gasteiger partial charge in [0.2, 0.25) is 11.9 Å². The highest BCUT2D eigenvalue weighted by Gasteiger charge is 2.20. The molecule has 18 heteroatoms. The van der Waals surface area contributed by atoms with Crippen molar-refractivity contribution in [3.63, 3.8) is 0 Å². The van der Waals surface area contributed by atoms with E-state index in [1.54, 1.807) is 51.6 Å². The fraction of sp³-hybridized carbons (Fsp3) is 0.265. The first-order chi connectivity index (χ1) is 32.5. The molecule has 0 fully saturated rings. The highest BCUT2D eigenvalue weighted by atomic mass is 32.1. The molecule has 344 valence electrons. The summed E-state index contributed by atoms with van der Waals surface area (Å²) in [6.45, 7) is 6.14. The third-order valence-electron chi connectivity index (χ3n) is 11.0. The van der Waals surface area contributed by atoms with Gasteiger partial charge in [0.05, 0.1) is 53.2 Å². The smallest absolute Gasteiger partial charge is 0.346 e. The summed E-state index contributed by atoms with van der Waals surface area (Å²) in [7, 11) is 3.73. The number of carboxylic acid groups (broad SMARTS) is 1. The van der Waals surface area contributed by atoms with E-state index in [-0.39, 0.29) is 5.78 Å². The number of carbonyl (C=O) groups excluding carboxylic acids is 1. The number of Topliss-reactive ketones (excluding diaryl/α,β-unsaturated/α-hetero) is 1. The van der Waals surface area contributed by atoms with E-state index in [1.165, 1.54) is 27.3 Å². The molecule has 0 aliphatic carbocycles. The number of aromatic carboxylic acids is 1. The molecular formula is C49H51N11O5S2. The Balaban J connectivity index is 0.000000153. The highest BCUT2D eigenvalue weighted by molar-refractivity contribution is 7.14. The number of fused-ring (bicyclic) bond motifs is 2. The molecule has 2 aliphatic rings. The van der Waals surface area contributed by atoms with Crippen LogP contribution < -0.4 is 25.8 Å². The summed E-state index contributed by atoms with van der Waals surface area (Å²) < 4.78 is 14.4. The summed E-state index contributed by atoms with van der Waals surface area (Å²) >= 11 is 2.90. The summed E-state index contributed by atoms with van der Waals surface area (Å²) in [5.41, 5.74) is 15.8. The molecule has 0 saturated heterocycles. The van der Waals surface area contributed by atoms with Crippen molar-refractivity contribution in [2.75, 3.05) is 23.8 Å². The normalized spacial score (nSPS) is 12.5. The van der Waals surface area contributed by atoms with E-state index in [0.717, 1.165) is 98.6 Å². The number of thiophene rings is 2. The van der Waals surface area contributed by atoms with Crippen molar-refractivity contribution in [3.05, 3.63) is 140 Å². The fourth-order valence-electron chi connectivity index (χ4n) is 7.47. The number of ether oxygens (including phenoxy) is 2. The van der Waals surface area contributed by atoms with E-state index in [0.29, 0.717) is 42.8 Å². The van der Waals surface area contributed by atoms with Gasteiger partial charge in [-0.3, -0.25) is 14.2 Å². The Bertz CT molecular complexity index is 2960. The first kappa shape index (κ1) is 46.3. The summed E-state index contributed by atoms with van der Waals surface area (Å²) in [5.74, 6) is 2.06. The lowest BCUT2D eigenvalue weighted by atomic mass is 9.98.